The van der Waals surface area contributed by atoms with Crippen molar-refractivity contribution in [2.45, 2.75) is 58.8 Å². The summed E-state index contributed by atoms with van der Waals surface area (Å²) in [6.07, 6.45) is 7.81. The summed E-state index contributed by atoms with van der Waals surface area (Å²) in [6.45, 7) is 5.83. The van der Waals surface area contributed by atoms with Gasteiger partial charge in [-0.05, 0) is 50.3 Å². The van der Waals surface area contributed by atoms with Crippen LogP contribution in [0.15, 0.2) is 18.2 Å². The molecular weight excluding hydrogens is 302 g/mol. The van der Waals surface area contributed by atoms with Crippen molar-refractivity contribution in [1.82, 2.24) is 5.32 Å². The summed E-state index contributed by atoms with van der Waals surface area (Å²) in [5, 5.41) is 3.04. The summed E-state index contributed by atoms with van der Waals surface area (Å²) in [5.41, 5.74) is 1.15. The standard InChI is InChI=1S/C20H31NO3/c1-3-23-18-11-9-17(15-19(18)24-4-2)13-14-21-20(22)12-10-16-7-5-6-8-16/h9,11,15-16H,3-8,10,12-14H2,1-2H3,(H,21,22). The molecule has 1 saturated carbocycles. The monoisotopic (exact) mass is 333 g/mol. The molecule has 0 spiro atoms. The fourth-order valence-electron chi connectivity index (χ4n) is 3.32. The lowest BCUT2D eigenvalue weighted by Gasteiger charge is -2.13. The smallest absolute Gasteiger partial charge is 0.220 e. The van der Waals surface area contributed by atoms with Gasteiger partial charge in [0.2, 0.25) is 5.91 Å². The molecule has 134 valence electrons. The van der Waals surface area contributed by atoms with Gasteiger partial charge in [0.05, 0.1) is 13.2 Å². The quantitative estimate of drug-likeness (QED) is 0.701. The van der Waals surface area contributed by atoms with Crippen molar-refractivity contribution in [2.24, 2.45) is 5.92 Å². The molecule has 2 rings (SSSR count). The van der Waals surface area contributed by atoms with Crippen molar-refractivity contribution in [3.63, 3.8) is 0 Å². The van der Waals surface area contributed by atoms with Crippen LogP contribution in [-0.2, 0) is 11.2 Å². The molecule has 1 N–H and O–H groups in total. The number of benzene rings is 1. The first-order chi connectivity index (χ1) is 11.7. The predicted molar refractivity (Wildman–Crippen MR) is 96.7 cm³/mol. The van der Waals surface area contributed by atoms with Gasteiger partial charge in [-0.2, -0.15) is 0 Å². The Morgan fingerprint density at radius 1 is 1.12 bits per heavy atom. The van der Waals surface area contributed by atoms with E-state index in [2.05, 4.69) is 5.32 Å². The van der Waals surface area contributed by atoms with E-state index >= 15 is 0 Å². The van der Waals surface area contributed by atoms with E-state index in [4.69, 9.17) is 9.47 Å². The van der Waals surface area contributed by atoms with Gasteiger partial charge in [-0.1, -0.05) is 31.7 Å². The van der Waals surface area contributed by atoms with E-state index in [1.807, 2.05) is 32.0 Å². The SMILES string of the molecule is CCOc1ccc(CCNC(=O)CCC2CCCC2)cc1OCC. The van der Waals surface area contributed by atoms with E-state index in [1.165, 1.54) is 25.7 Å². The van der Waals surface area contributed by atoms with Crippen molar-refractivity contribution in [1.29, 1.82) is 0 Å². The summed E-state index contributed by atoms with van der Waals surface area (Å²) in [6, 6.07) is 6.00. The Morgan fingerprint density at radius 3 is 2.54 bits per heavy atom. The highest BCUT2D eigenvalue weighted by Gasteiger charge is 2.16. The van der Waals surface area contributed by atoms with Gasteiger partial charge in [0.25, 0.3) is 0 Å². The third kappa shape index (κ3) is 6.06. The molecule has 1 fully saturated rings. The van der Waals surface area contributed by atoms with Gasteiger partial charge in [-0.15, -0.1) is 0 Å². The Kier molecular flexibility index (Phi) is 7.93. The van der Waals surface area contributed by atoms with Gasteiger partial charge in [0.15, 0.2) is 11.5 Å². The molecule has 24 heavy (non-hydrogen) atoms. The summed E-state index contributed by atoms with van der Waals surface area (Å²) < 4.78 is 11.2. The van der Waals surface area contributed by atoms with E-state index in [9.17, 15) is 4.79 Å². The minimum absolute atomic E-state index is 0.179. The average Bonchev–Trinajstić information content (AvgIpc) is 3.09. The fourth-order valence-corrected chi connectivity index (χ4v) is 3.32. The number of amides is 1. The second kappa shape index (κ2) is 10.2. The predicted octanol–water partition coefficient (Wildman–Crippen LogP) is 4.11. The van der Waals surface area contributed by atoms with Crippen LogP contribution in [0.25, 0.3) is 0 Å². The maximum Gasteiger partial charge on any atom is 0.220 e. The minimum Gasteiger partial charge on any atom is -0.490 e. The Balaban J connectivity index is 1.74. The van der Waals surface area contributed by atoms with Crippen molar-refractivity contribution in [3.8, 4) is 11.5 Å². The molecule has 0 atom stereocenters. The molecule has 1 aromatic carbocycles. The van der Waals surface area contributed by atoms with E-state index in [0.29, 0.717) is 26.2 Å². The largest absolute Gasteiger partial charge is 0.490 e. The minimum atomic E-state index is 0.179. The highest BCUT2D eigenvalue weighted by molar-refractivity contribution is 5.75. The first-order valence-electron chi connectivity index (χ1n) is 9.38. The molecule has 0 unspecified atom stereocenters. The van der Waals surface area contributed by atoms with Gasteiger partial charge < -0.3 is 14.8 Å². The Morgan fingerprint density at radius 2 is 1.83 bits per heavy atom. The van der Waals surface area contributed by atoms with Crippen LogP contribution in [0, 0.1) is 5.92 Å². The molecule has 0 aromatic heterocycles. The third-order valence-corrected chi connectivity index (χ3v) is 4.60. The number of rotatable bonds is 10. The van der Waals surface area contributed by atoms with Crippen LogP contribution in [-0.4, -0.2) is 25.7 Å². The van der Waals surface area contributed by atoms with Crippen LogP contribution < -0.4 is 14.8 Å². The molecule has 1 aliphatic carbocycles. The van der Waals surface area contributed by atoms with Crippen LogP contribution in [0.1, 0.15) is 57.9 Å². The highest BCUT2D eigenvalue weighted by atomic mass is 16.5. The first kappa shape index (κ1) is 18.6. The summed E-state index contributed by atoms with van der Waals surface area (Å²) in [5.74, 6) is 2.52. The van der Waals surface area contributed by atoms with Crippen LogP contribution in [0.4, 0.5) is 0 Å². The molecule has 0 radical (unpaired) electrons. The normalized spacial score (nSPS) is 14.6. The van der Waals surface area contributed by atoms with Crippen LogP contribution in [0.5, 0.6) is 11.5 Å². The topological polar surface area (TPSA) is 47.6 Å². The maximum absolute atomic E-state index is 11.9. The van der Waals surface area contributed by atoms with Gasteiger partial charge in [0, 0.05) is 13.0 Å². The molecule has 0 bridgehead atoms. The third-order valence-electron chi connectivity index (χ3n) is 4.60. The average molecular weight is 333 g/mol. The Labute approximate surface area is 145 Å². The molecule has 0 aliphatic heterocycles. The van der Waals surface area contributed by atoms with E-state index in [0.717, 1.165) is 35.8 Å². The highest BCUT2D eigenvalue weighted by Crippen LogP contribution is 2.29. The molecule has 1 amide bonds. The lowest BCUT2D eigenvalue weighted by Crippen LogP contribution is -2.25. The molecular formula is C20H31NO3. The van der Waals surface area contributed by atoms with Gasteiger partial charge in [0.1, 0.15) is 0 Å². The van der Waals surface area contributed by atoms with Crippen LogP contribution in [0.2, 0.25) is 0 Å². The van der Waals surface area contributed by atoms with E-state index in [-0.39, 0.29) is 5.91 Å². The molecule has 0 heterocycles. The summed E-state index contributed by atoms with van der Waals surface area (Å²) in [7, 11) is 0. The molecule has 1 aromatic rings. The van der Waals surface area contributed by atoms with Crippen molar-refractivity contribution >= 4 is 5.91 Å². The summed E-state index contributed by atoms with van der Waals surface area (Å²) in [4.78, 5) is 11.9. The van der Waals surface area contributed by atoms with Crippen LogP contribution >= 0.6 is 0 Å². The Bertz CT molecular complexity index is 510. The number of hydrogen-bond donors (Lipinski definition) is 1. The molecule has 4 heteroatoms. The van der Waals surface area contributed by atoms with Crippen molar-refractivity contribution < 1.29 is 14.3 Å². The first-order valence-corrected chi connectivity index (χ1v) is 9.38. The van der Waals surface area contributed by atoms with Gasteiger partial charge >= 0.3 is 0 Å². The lowest BCUT2D eigenvalue weighted by atomic mass is 10.0. The zero-order valence-electron chi connectivity index (χ0n) is 15.1. The van der Waals surface area contributed by atoms with Crippen molar-refractivity contribution in [2.75, 3.05) is 19.8 Å². The number of nitrogens with one attached hydrogen (secondary N) is 1. The van der Waals surface area contributed by atoms with Gasteiger partial charge in [-0.3, -0.25) is 4.79 Å². The number of carbonyl (C=O) groups is 1. The van der Waals surface area contributed by atoms with E-state index < -0.39 is 0 Å². The lowest BCUT2D eigenvalue weighted by molar-refractivity contribution is -0.121. The maximum atomic E-state index is 11.9. The number of carbonyl (C=O) groups excluding carboxylic acids is 1. The molecule has 1 aliphatic rings. The van der Waals surface area contributed by atoms with Crippen LogP contribution in [0.3, 0.4) is 0 Å². The fraction of sp³-hybridized carbons (Fsp3) is 0.650. The molecule has 0 saturated heterocycles. The molecule has 4 nitrogen and oxygen atoms in total. The van der Waals surface area contributed by atoms with Gasteiger partial charge in [-0.25, -0.2) is 0 Å². The second-order valence-electron chi connectivity index (χ2n) is 6.44. The second-order valence-corrected chi connectivity index (χ2v) is 6.44. The number of ether oxygens (including phenoxy) is 2. The zero-order valence-corrected chi connectivity index (χ0v) is 15.1. The van der Waals surface area contributed by atoms with Crippen molar-refractivity contribution in [3.05, 3.63) is 23.8 Å². The zero-order chi connectivity index (χ0) is 17.2. The number of hydrogen-bond acceptors (Lipinski definition) is 3. The summed E-state index contributed by atoms with van der Waals surface area (Å²) >= 11 is 0. The Hall–Kier alpha value is -1.71. The van der Waals surface area contributed by atoms with E-state index in [1.54, 1.807) is 0 Å².